The van der Waals surface area contributed by atoms with Crippen molar-refractivity contribution in [3.8, 4) is 0 Å². The van der Waals surface area contributed by atoms with Gasteiger partial charge in [-0.2, -0.15) is 0 Å². The van der Waals surface area contributed by atoms with Crippen LogP contribution in [0.15, 0.2) is 77.7 Å². The van der Waals surface area contributed by atoms with Crippen LogP contribution in [0.25, 0.3) is 0 Å². The predicted molar refractivity (Wildman–Crippen MR) is 108 cm³/mol. The van der Waals surface area contributed by atoms with Crippen molar-refractivity contribution in [2.24, 2.45) is 0 Å². The highest BCUT2D eigenvalue weighted by atomic mass is 32.2. The molecule has 1 aliphatic rings. The second-order valence-corrected chi connectivity index (χ2v) is 8.79. The first kappa shape index (κ1) is 19.1. The molecule has 0 N–H and O–H groups in total. The first-order valence-electron chi connectivity index (χ1n) is 9.09. The third-order valence-electron chi connectivity index (χ3n) is 4.83. The second kappa shape index (κ2) is 7.33. The van der Waals surface area contributed by atoms with Crippen LogP contribution < -0.4 is 4.90 Å². The van der Waals surface area contributed by atoms with E-state index in [1.54, 1.807) is 18.2 Å². The number of carbonyl (C=O) groups excluding carboxylic acids is 1. The van der Waals surface area contributed by atoms with Gasteiger partial charge < -0.3 is 0 Å². The molecule has 7 heteroatoms. The van der Waals surface area contributed by atoms with Gasteiger partial charge in [0.2, 0.25) is 0 Å². The molecule has 0 unspecified atom stereocenters. The average molecular weight is 410 g/mol. The molecule has 0 saturated heterocycles. The van der Waals surface area contributed by atoms with Crippen LogP contribution in [0.2, 0.25) is 0 Å². The predicted octanol–water partition coefficient (Wildman–Crippen LogP) is 4.47. The molecule has 2 amide bonds. The number of hydrogen-bond donors (Lipinski definition) is 0. The van der Waals surface area contributed by atoms with E-state index in [2.05, 4.69) is 0 Å². The summed E-state index contributed by atoms with van der Waals surface area (Å²) in [5.41, 5.74) is 2.83. The lowest BCUT2D eigenvalue weighted by molar-refractivity contribution is 0.226. The van der Waals surface area contributed by atoms with Crippen LogP contribution in [0.4, 0.5) is 14.9 Å². The number of aryl methyl sites for hydroxylation is 1. The van der Waals surface area contributed by atoms with Crippen molar-refractivity contribution in [2.45, 2.75) is 24.9 Å². The maximum Gasteiger partial charge on any atom is 0.339 e. The Labute approximate surface area is 169 Å². The summed E-state index contributed by atoms with van der Waals surface area (Å²) < 4.78 is 40.4. The lowest BCUT2D eigenvalue weighted by atomic mass is 10.1. The van der Waals surface area contributed by atoms with Crippen molar-refractivity contribution < 1.29 is 17.6 Å². The van der Waals surface area contributed by atoms with E-state index >= 15 is 0 Å². The van der Waals surface area contributed by atoms with Gasteiger partial charge in [-0.1, -0.05) is 54.1 Å². The topological polar surface area (TPSA) is 57.7 Å². The molecule has 0 saturated carbocycles. The lowest BCUT2D eigenvalue weighted by Gasteiger charge is -2.36. The molecule has 3 aromatic carbocycles. The number of para-hydroxylation sites is 1. The Morgan fingerprint density at radius 1 is 0.862 bits per heavy atom. The summed E-state index contributed by atoms with van der Waals surface area (Å²) in [6.07, 6.45) is 0. The van der Waals surface area contributed by atoms with E-state index in [4.69, 9.17) is 0 Å². The largest absolute Gasteiger partial charge is 0.339 e. The third-order valence-corrected chi connectivity index (χ3v) is 6.60. The number of urea groups is 1. The van der Waals surface area contributed by atoms with Crippen LogP contribution in [-0.4, -0.2) is 18.8 Å². The summed E-state index contributed by atoms with van der Waals surface area (Å²) in [5.74, 6) is -0.423. The molecule has 0 fully saturated rings. The minimum absolute atomic E-state index is 0.0781. The van der Waals surface area contributed by atoms with E-state index in [1.165, 1.54) is 35.2 Å². The Morgan fingerprint density at radius 2 is 1.59 bits per heavy atom. The molecule has 0 atom stereocenters. The number of fused-ring (bicyclic) bond motifs is 1. The van der Waals surface area contributed by atoms with Crippen LogP contribution >= 0.6 is 0 Å². The van der Waals surface area contributed by atoms with E-state index < -0.39 is 21.9 Å². The normalized spacial score (nSPS) is 15.3. The summed E-state index contributed by atoms with van der Waals surface area (Å²) in [6.45, 7) is 2.04. The van der Waals surface area contributed by atoms with Crippen molar-refractivity contribution in [2.75, 3.05) is 4.90 Å². The zero-order valence-corrected chi connectivity index (χ0v) is 16.6. The summed E-state index contributed by atoms with van der Waals surface area (Å²) in [6, 6.07) is 19.0. The van der Waals surface area contributed by atoms with Crippen molar-refractivity contribution in [3.63, 3.8) is 0 Å². The molecule has 1 aliphatic heterocycles. The standard InChI is InChI=1S/C22H19FN2O3S/c1-16-5-4-6-18(13-16)14-24-20-7-2-3-8-21(20)29(27,28)25(22(24)26)15-17-9-11-19(23)12-10-17/h2-13H,14-15H2,1H3. The van der Waals surface area contributed by atoms with Crippen molar-refractivity contribution in [3.05, 3.63) is 95.3 Å². The first-order valence-corrected chi connectivity index (χ1v) is 10.5. The van der Waals surface area contributed by atoms with Crippen LogP contribution in [0.3, 0.4) is 0 Å². The van der Waals surface area contributed by atoms with Gasteiger partial charge in [-0.25, -0.2) is 21.9 Å². The van der Waals surface area contributed by atoms with Crippen LogP contribution in [-0.2, 0) is 23.1 Å². The highest BCUT2D eigenvalue weighted by Gasteiger charge is 2.41. The molecule has 0 radical (unpaired) electrons. The van der Waals surface area contributed by atoms with Crippen molar-refractivity contribution >= 4 is 21.7 Å². The first-order chi connectivity index (χ1) is 13.9. The van der Waals surface area contributed by atoms with Gasteiger partial charge in [0, 0.05) is 0 Å². The smallest absolute Gasteiger partial charge is 0.288 e. The molecule has 3 aromatic rings. The van der Waals surface area contributed by atoms with Crippen LogP contribution in [0.5, 0.6) is 0 Å². The number of hydrogen-bond acceptors (Lipinski definition) is 3. The fraction of sp³-hybridized carbons (Fsp3) is 0.136. The number of carbonyl (C=O) groups is 1. The SMILES string of the molecule is Cc1cccc(CN2C(=O)N(Cc3ccc(F)cc3)S(=O)(=O)c3ccccc32)c1. The summed E-state index contributed by atoms with van der Waals surface area (Å²) in [7, 11) is -4.03. The zero-order valence-electron chi connectivity index (χ0n) is 15.7. The Bertz CT molecular complexity index is 1180. The number of amides is 2. The van der Waals surface area contributed by atoms with E-state index in [-0.39, 0.29) is 18.0 Å². The van der Waals surface area contributed by atoms with E-state index in [0.717, 1.165) is 15.4 Å². The molecule has 5 nitrogen and oxygen atoms in total. The maximum atomic E-state index is 13.3. The quantitative estimate of drug-likeness (QED) is 0.638. The van der Waals surface area contributed by atoms with Gasteiger partial charge in [0.05, 0.1) is 18.8 Å². The van der Waals surface area contributed by atoms with E-state index in [9.17, 15) is 17.6 Å². The van der Waals surface area contributed by atoms with Crippen LogP contribution in [0, 0.1) is 12.7 Å². The average Bonchev–Trinajstić information content (AvgIpc) is 2.70. The van der Waals surface area contributed by atoms with Gasteiger partial charge >= 0.3 is 6.03 Å². The highest BCUT2D eigenvalue weighted by Crippen LogP contribution is 2.36. The van der Waals surface area contributed by atoms with Gasteiger partial charge in [-0.05, 0) is 42.3 Å². The lowest BCUT2D eigenvalue weighted by Crippen LogP contribution is -2.49. The molecule has 0 spiro atoms. The van der Waals surface area contributed by atoms with Gasteiger partial charge in [0.25, 0.3) is 10.0 Å². The molecule has 1 heterocycles. The number of anilines is 1. The summed E-state index contributed by atoms with van der Waals surface area (Å²) in [4.78, 5) is 14.8. The number of sulfonamides is 1. The molecule has 148 valence electrons. The van der Waals surface area contributed by atoms with Crippen LogP contribution in [0.1, 0.15) is 16.7 Å². The second-order valence-electron chi connectivity index (χ2n) is 6.96. The van der Waals surface area contributed by atoms with Gasteiger partial charge in [-0.3, -0.25) is 4.90 Å². The Hall–Kier alpha value is -3.19. The van der Waals surface area contributed by atoms with Gasteiger partial charge in [-0.15, -0.1) is 0 Å². The van der Waals surface area contributed by atoms with E-state index in [1.807, 2.05) is 31.2 Å². The number of nitrogens with zero attached hydrogens (tertiary/aromatic N) is 2. The van der Waals surface area contributed by atoms with Gasteiger partial charge in [0.1, 0.15) is 10.7 Å². The molecule has 4 rings (SSSR count). The molecule has 29 heavy (non-hydrogen) atoms. The number of rotatable bonds is 4. The fourth-order valence-corrected chi connectivity index (χ4v) is 4.97. The molecule has 0 aromatic heterocycles. The zero-order chi connectivity index (χ0) is 20.6. The number of benzene rings is 3. The minimum atomic E-state index is -4.03. The minimum Gasteiger partial charge on any atom is -0.288 e. The Kier molecular flexibility index (Phi) is 4.84. The third kappa shape index (κ3) is 3.61. The Morgan fingerprint density at radius 3 is 2.31 bits per heavy atom. The van der Waals surface area contributed by atoms with E-state index in [0.29, 0.717) is 11.3 Å². The fourth-order valence-electron chi connectivity index (χ4n) is 3.41. The van der Waals surface area contributed by atoms with Gasteiger partial charge in [0.15, 0.2) is 0 Å². The number of halogens is 1. The molecular weight excluding hydrogens is 391 g/mol. The summed E-state index contributed by atoms with van der Waals surface area (Å²) in [5, 5.41) is 0. The van der Waals surface area contributed by atoms with Crippen molar-refractivity contribution in [1.82, 2.24) is 4.31 Å². The van der Waals surface area contributed by atoms with Crippen molar-refractivity contribution in [1.29, 1.82) is 0 Å². The monoisotopic (exact) mass is 410 g/mol. The maximum absolute atomic E-state index is 13.3. The highest BCUT2D eigenvalue weighted by molar-refractivity contribution is 7.90. The molecule has 0 bridgehead atoms. The molecular formula is C22H19FN2O3S. The molecule has 0 aliphatic carbocycles. The Balaban J connectivity index is 1.77. The summed E-state index contributed by atoms with van der Waals surface area (Å²) >= 11 is 0.